The van der Waals surface area contributed by atoms with Crippen molar-refractivity contribution in [1.29, 1.82) is 0 Å². The normalized spacial score (nSPS) is 11.4. The number of guanidine groups is 1. The van der Waals surface area contributed by atoms with E-state index in [9.17, 15) is 4.79 Å². The Bertz CT molecular complexity index is 806. The van der Waals surface area contributed by atoms with Gasteiger partial charge in [-0.25, -0.2) is 4.99 Å². The van der Waals surface area contributed by atoms with Crippen LogP contribution in [0.15, 0.2) is 59.6 Å². The Morgan fingerprint density at radius 3 is 2.12 bits per heavy atom. The Kier molecular flexibility index (Phi) is 11.5. The number of aliphatic imine (C=N–C) groups is 1. The molecule has 1 unspecified atom stereocenters. The highest BCUT2D eigenvalue weighted by molar-refractivity contribution is 5.85. The largest absolute Gasteiger partial charge is 0.494 e. The molecule has 0 aromatic heterocycles. The van der Waals surface area contributed by atoms with Crippen LogP contribution in [-0.2, 0) is 11.4 Å². The minimum absolute atomic E-state index is 0.0681. The van der Waals surface area contributed by atoms with Crippen LogP contribution in [0.4, 0.5) is 0 Å². The molecule has 0 aliphatic heterocycles. The van der Waals surface area contributed by atoms with Gasteiger partial charge in [0.1, 0.15) is 24.1 Å². The number of ether oxygens (including phenoxy) is 2. The molecule has 2 aromatic rings. The number of nitrogens with two attached hydrogens (primary N) is 2. The molecule has 2 aromatic carbocycles. The van der Waals surface area contributed by atoms with Gasteiger partial charge in [-0.3, -0.25) is 4.79 Å². The van der Waals surface area contributed by atoms with Gasteiger partial charge in [-0.1, -0.05) is 56.0 Å². The summed E-state index contributed by atoms with van der Waals surface area (Å²) in [5.41, 5.74) is 11.7. The number of benzene rings is 2. The zero-order valence-electron chi connectivity index (χ0n) is 19.0. The van der Waals surface area contributed by atoms with Crippen molar-refractivity contribution in [2.75, 3.05) is 13.2 Å². The average molecular weight is 441 g/mol. The Morgan fingerprint density at radius 2 is 1.47 bits per heavy atom. The van der Waals surface area contributed by atoms with Gasteiger partial charge in [-0.05, 0) is 49.6 Å². The maximum absolute atomic E-state index is 11.8. The van der Waals surface area contributed by atoms with Crippen LogP contribution >= 0.6 is 0 Å². The average Bonchev–Trinajstić information content (AvgIpc) is 2.79. The van der Waals surface area contributed by atoms with Crippen LogP contribution in [0.1, 0.15) is 51.0 Å². The van der Waals surface area contributed by atoms with Crippen molar-refractivity contribution in [3.05, 3.63) is 60.2 Å². The lowest BCUT2D eigenvalue weighted by molar-refractivity contribution is -0.121. The lowest BCUT2D eigenvalue weighted by Gasteiger charge is -2.09. The molecule has 0 heterocycles. The molecule has 5 N–H and O–H groups in total. The van der Waals surface area contributed by atoms with E-state index in [0.29, 0.717) is 19.8 Å². The van der Waals surface area contributed by atoms with Crippen molar-refractivity contribution in [1.82, 2.24) is 5.32 Å². The van der Waals surface area contributed by atoms with E-state index < -0.39 is 6.04 Å². The van der Waals surface area contributed by atoms with Gasteiger partial charge >= 0.3 is 0 Å². The van der Waals surface area contributed by atoms with Crippen molar-refractivity contribution < 1.29 is 14.3 Å². The highest BCUT2D eigenvalue weighted by Crippen LogP contribution is 2.19. The number of carbonyl (C=O) groups excluding carboxylic acids is 1. The number of rotatable bonds is 15. The fourth-order valence-electron chi connectivity index (χ4n) is 3.14. The van der Waals surface area contributed by atoms with Crippen LogP contribution in [0, 0.1) is 0 Å². The molecule has 32 heavy (non-hydrogen) atoms. The van der Waals surface area contributed by atoms with Crippen molar-refractivity contribution in [2.24, 2.45) is 16.5 Å². The summed E-state index contributed by atoms with van der Waals surface area (Å²) in [5, 5.41) is 2.85. The van der Waals surface area contributed by atoms with E-state index in [1.54, 1.807) is 6.92 Å². The third-order valence-electron chi connectivity index (χ3n) is 4.93. The van der Waals surface area contributed by atoms with E-state index in [1.807, 2.05) is 54.6 Å². The fraction of sp³-hybridized carbons (Fsp3) is 0.440. The van der Waals surface area contributed by atoms with E-state index in [1.165, 1.54) is 0 Å². The molecule has 0 aliphatic carbocycles. The third kappa shape index (κ3) is 10.7. The number of nitrogens with one attached hydrogen (secondary N) is 1. The third-order valence-corrected chi connectivity index (χ3v) is 4.93. The van der Waals surface area contributed by atoms with Crippen LogP contribution in [0.25, 0.3) is 0 Å². The van der Waals surface area contributed by atoms with Crippen molar-refractivity contribution in [3.63, 3.8) is 0 Å². The lowest BCUT2D eigenvalue weighted by atomic mass is 10.1. The van der Waals surface area contributed by atoms with Crippen molar-refractivity contribution in [3.8, 4) is 11.5 Å². The highest BCUT2D eigenvalue weighted by Gasteiger charge is 2.10. The van der Waals surface area contributed by atoms with E-state index >= 15 is 0 Å². The van der Waals surface area contributed by atoms with Gasteiger partial charge < -0.3 is 26.3 Å². The van der Waals surface area contributed by atoms with Gasteiger partial charge in [0.05, 0.1) is 6.61 Å². The molecule has 2 rings (SSSR count). The second kappa shape index (κ2) is 14.7. The summed E-state index contributed by atoms with van der Waals surface area (Å²) in [6.45, 7) is 3.59. The van der Waals surface area contributed by atoms with Gasteiger partial charge in [0.15, 0.2) is 5.96 Å². The number of carbonyl (C=O) groups is 1. The van der Waals surface area contributed by atoms with Crippen molar-refractivity contribution >= 4 is 11.9 Å². The minimum atomic E-state index is -0.544. The van der Waals surface area contributed by atoms with Crippen molar-refractivity contribution in [2.45, 2.75) is 58.1 Å². The zero-order chi connectivity index (χ0) is 23.0. The quantitative estimate of drug-likeness (QED) is 0.222. The molecule has 0 fully saturated rings. The molecule has 0 aliphatic rings. The first-order valence-corrected chi connectivity index (χ1v) is 11.3. The van der Waals surface area contributed by atoms with Gasteiger partial charge in [-0.2, -0.15) is 0 Å². The SMILES string of the molecule is CC(N=C(N)N)C(=O)NCCCCCCCCOc1ccc(OCc2ccccc2)cc1. The maximum atomic E-state index is 11.8. The number of amides is 1. The van der Waals surface area contributed by atoms with Crippen LogP contribution in [0.2, 0.25) is 0 Å². The van der Waals surface area contributed by atoms with E-state index in [-0.39, 0.29) is 11.9 Å². The molecule has 7 nitrogen and oxygen atoms in total. The predicted molar refractivity (Wildman–Crippen MR) is 129 cm³/mol. The molecule has 0 saturated heterocycles. The fourth-order valence-corrected chi connectivity index (χ4v) is 3.14. The molecule has 1 atom stereocenters. The number of hydrogen-bond donors (Lipinski definition) is 3. The molecular formula is C25H36N4O3. The molecule has 1 amide bonds. The maximum Gasteiger partial charge on any atom is 0.244 e. The Morgan fingerprint density at radius 1 is 0.875 bits per heavy atom. The van der Waals surface area contributed by atoms with Gasteiger partial charge in [0.2, 0.25) is 5.91 Å². The Labute approximate surface area is 191 Å². The molecule has 0 saturated carbocycles. The second-order valence-electron chi connectivity index (χ2n) is 7.74. The molecular weight excluding hydrogens is 404 g/mol. The summed E-state index contributed by atoms with van der Waals surface area (Å²) in [6.07, 6.45) is 6.50. The summed E-state index contributed by atoms with van der Waals surface area (Å²) < 4.78 is 11.6. The van der Waals surface area contributed by atoms with E-state index in [2.05, 4.69) is 10.3 Å². The molecule has 0 spiro atoms. The van der Waals surface area contributed by atoms with Crippen LogP contribution in [-0.4, -0.2) is 31.1 Å². The van der Waals surface area contributed by atoms with Crippen LogP contribution in [0.5, 0.6) is 11.5 Å². The molecule has 0 bridgehead atoms. The highest BCUT2D eigenvalue weighted by atomic mass is 16.5. The smallest absolute Gasteiger partial charge is 0.244 e. The Balaban J connectivity index is 1.45. The summed E-state index contributed by atoms with van der Waals surface area (Å²) in [5.74, 6) is 1.48. The number of hydrogen-bond acceptors (Lipinski definition) is 4. The molecule has 7 heteroatoms. The minimum Gasteiger partial charge on any atom is -0.494 e. The molecule has 174 valence electrons. The molecule has 0 radical (unpaired) electrons. The standard InChI is InChI=1S/C25H36N4O3/c1-20(29-25(26)27)24(30)28-17-9-4-2-3-5-10-18-31-22-13-15-23(16-14-22)32-19-21-11-7-6-8-12-21/h6-8,11-16,20H,2-5,9-10,17-19H2,1H3,(H,28,30)(H4,26,27,29). The van der Waals surface area contributed by atoms with E-state index in [0.717, 1.165) is 55.6 Å². The zero-order valence-corrected chi connectivity index (χ0v) is 19.0. The number of unbranched alkanes of at least 4 members (excludes halogenated alkanes) is 5. The van der Waals surface area contributed by atoms with E-state index in [4.69, 9.17) is 20.9 Å². The predicted octanol–water partition coefficient (Wildman–Crippen LogP) is 3.76. The topological polar surface area (TPSA) is 112 Å². The summed E-state index contributed by atoms with van der Waals surface area (Å²) in [4.78, 5) is 15.6. The first-order valence-electron chi connectivity index (χ1n) is 11.3. The monoisotopic (exact) mass is 440 g/mol. The summed E-state index contributed by atoms with van der Waals surface area (Å²) in [6, 6.07) is 17.3. The van der Waals surface area contributed by atoms with Crippen LogP contribution in [0.3, 0.4) is 0 Å². The van der Waals surface area contributed by atoms with Gasteiger partial charge in [0.25, 0.3) is 0 Å². The van der Waals surface area contributed by atoms with Crippen LogP contribution < -0.4 is 26.3 Å². The summed E-state index contributed by atoms with van der Waals surface area (Å²) >= 11 is 0. The second-order valence-corrected chi connectivity index (χ2v) is 7.74. The van der Waals surface area contributed by atoms with Gasteiger partial charge in [0, 0.05) is 6.54 Å². The first kappa shape index (κ1) is 25.0. The summed E-state index contributed by atoms with van der Waals surface area (Å²) in [7, 11) is 0. The lowest BCUT2D eigenvalue weighted by Crippen LogP contribution is -2.35. The Hall–Kier alpha value is -3.22. The first-order chi connectivity index (χ1) is 15.5. The number of nitrogens with zero attached hydrogens (tertiary/aromatic N) is 1. The van der Waals surface area contributed by atoms with Gasteiger partial charge in [-0.15, -0.1) is 0 Å².